The zero-order valence-corrected chi connectivity index (χ0v) is 18.4. The van der Waals surface area contributed by atoms with Gasteiger partial charge in [0.1, 0.15) is 23.5 Å². The summed E-state index contributed by atoms with van der Waals surface area (Å²) in [6.45, 7) is 3.19. The van der Waals surface area contributed by atoms with E-state index in [4.69, 9.17) is 0 Å². The molecule has 3 aromatic heterocycles. The van der Waals surface area contributed by atoms with E-state index in [1.165, 1.54) is 31.7 Å². The molecule has 0 unspecified atom stereocenters. The number of pyridine rings is 1. The van der Waals surface area contributed by atoms with Crippen LogP contribution in [0.15, 0.2) is 55.2 Å². The number of nitrogens with zero attached hydrogens (tertiary/aromatic N) is 4. The highest BCUT2D eigenvalue weighted by Crippen LogP contribution is 2.30. The van der Waals surface area contributed by atoms with Gasteiger partial charge < -0.3 is 10.6 Å². The summed E-state index contributed by atoms with van der Waals surface area (Å²) in [5, 5.41) is 5.03. The summed E-state index contributed by atoms with van der Waals surface area (Å²) in [6.07, 6.45) is 0.946. The molecule has 35 heavy (non-hydrogen) atoms. The lowest BCUT2D eigenvalue weighted by atomic mass is 10.0. The highest BCUT2D eigenvalue weighted by atomic mass is 19.4. The van der Waals surface area contributed by atoms with E-state index in [1.807, 2.05) is 6.92 Å². The predicted octanol–water partition coefficient (Wildman–Crippen LogP) is 4.06. The van der Waals surface area contributed by atoms with Crippen molar-refractivity contribution in [2.24, 2.45) is 0 Å². The molecule has 0 spiro atoms. The van der Waals surface area contributed by atoms with Crippen LogP contribution in [0.2, 0.25) is 0 Å². The first kappa shape index (κ1) is 23.4. The van der Waals surface area contributed by atoms with Crippen LogP contribution in [0.4, 0.5) is 24.7 Å². The molecule has 4 aromatic rings. The fourth-order valence-corrected chi connectivity index (χ4v) is 3.17. The van der Waals surface area contributed by atoms with Crippen LogP contribution in [0, 0.1) is 18.8 Å². The number of alkyl halides is 3. The number of benzene rings is 1. The van der Waals surface area contributed by atoms with Gasteiger partial charge in [0.15, 0.2) is 5.65 Å². The summed E-state index contributed by atoms with van der Waals surface area (Å²) in [4.78, 5) is 36.2. The molecule has 0 fully saturated rings. The Hall–Kier alpha value is -4.72. The van der Waals surface area contributed by atoms with Gasteiger partial charge >= 0.3 is 6.18 Å². The number of hydrogen-bond acceptors (Lipinski definition) is 5. The Labute approximate surface area is 197 Å². The zero-order chi connectivity index (χ0) is 25.2. The van der Waals surface area contributed by atoms with Crippen LogP contribution in [0.3, 0.4) is 0 Å². The molecule has 11 heteroatoms. The molecule has 0 aliphatic heterocycles. The lowest BCUT2D eigenvalue weighted by molar-refractivity contribution is -0.137. The van der Waals surface area contributed by atoms with Crippen LogP contribution in [-0.2, 0) is 11.0 Å². The lowest BCUT2D eigenvalue weighted by Gasteiger charge is -2.09. The number of nitrogens with one attached hydrogen (secondary N) is 2. The number of hydrogen-bond donors (Lipinski definition) is 2. The monoisotopic (exact) mass is 478 g/mol. The number of imidazole rings is 1. The number of aromatic nitrogens is 4. The minimum absolute atomic E-state index is 0.201. The molecule has 0 aliphatic rings. The van der Waals surface area contributed by atoms with Crippen LogP contribution < -0.4 is 10.6 Å². The lowest BCUT2D eigenvalue weighted by Crippen LogP contribution is -2.14. The molecule has 0 radical (unpaired) electrons. The second-order valence-electron chi connectivity index (χ2n) is 7.49. The summed E-state index contributed by atoms with van der Waals surface area (Å²) >= 11 is 0. The second-order valence-corrected chi connectivity index (χ2v) is 7.49. The van der Waals surface area contributed by atoms with Crippen molar-refractivity contribution in [2.45, 2.75) is 20.0 Å². The van der Waals surface area contributed by atoms with Gasteiger partial charge in [-0.25, -0.2) is 15.0 Å². The van der Waals surface area contributed by atoms with Crippen molar-refractivity contribution in [3.63, 3.8) is 0 Å². The molecule has 2 amide bonds. The Kier molecular flexibility index (Phi) is 6.20. The van der Waals surface area contributed by atoms with E-state index in [0.29, 0.717) is 22.6 Å². The van der Waals surface area contributed by atoms with Crippen LogP contribution in [0.1, 0.15) is 39.7 Å². The summed E-state index contributed by atoms with van der Waals surface area (Å²) in [5.41, 5.74) is 2.02. The van der Waals surface area contributed by atoms with Gasteiger partial charge in [0.05, 0.1) is 18.0 Å². The van der Waals surface area contributed by atoms with Crippen molar-refractivity contribution < 1.29 is 22.8 Å². The maximum absolute atomic E-state index is 12.9. The maximum Gasteiger partial charge on any atom is 0.416 e. The minimum Gasteiger partial charge on any atom is -0.322 e. The van der Waals surface area contributed by atoms with Gasteiger partial charge in [0.25, 0.3) is 5.91 Å². The number of fused-ring (bicyclic) bond motifs is 1. The molecular weight excluding hydrogens is 461 g/mol. The Bertz CT molecular complexity index is 1520. The summed E-state index contributed by atoms with van der Waals surface area (Å²) < 4.78 is 40.4. The first-order valence-electron chi connectivity index (χ1n) is 10.2. The highest BCUT2D eigenvalue weighted by Gasteiger charge is 2.30. The third-order valence-corrected chi connectivity index (χ3v) is 4.89. The fourth-order valence-electron chi connectivity index (χ4n) is 3.17. The van der Waals surface area contributed by atoms with E-state index in [-0.39, 0.29) is 17.3 Å². The van der Waals surface area contributed by atoms with Crippen LogP contribution >= 0.6 is 0 Å². The van der Waals surface area contributed by atoms with Crippen molar-refractivity contribution in [3.8, 4) is 11.8 Å². The van der Waals surface area contributed by atoms with Crippen molar-refractivity contribution in [1.82, 2.24) is 19.4 Å². The van der Waals surface area contributed by atoms with Crippen molar-refractivity contribution in [3.05, 3.63) is 83.2 Å². The van der Waals surface area contributed by atoms with Gasteiger partial charge in [0, 0.05) is 24.2 Å². The third-order valence-electron chi connectivity index (χ3n) is 4.89. The molecule has 176 valence electrons. The maximum atomic E-state index is 12.9. The van der Waals surface area contributed by atoms with Gasteiger partial charge in [-0.2, -0.15) is 13.2 Å². The minimum atomic E-state index is -4.55. The Morgan fingerprint density at radius 1 is 1.03 bits per heavy atom. The fraction of sp³-hybridized carbons (Fsp3) is 0.125. The second kappa shape index (κ2) is 9.26. The smallest absolute Gasteiger partial charge is 0.322 e. The highest BCUT2D eigenvalue weighted by molar-refractivity contribution is 6.04. The molecule has 0 atom stereocenters. The van der Waals surface area contributed by atoms with Gasteiger partial charge in [-0.05, 0) is 42.7 Å². The number of anilines is 2. The molecule has 4 rings (SSSR count). The van der Waals surface area contributed by atoms with Gasteiger partial charge in [0.2, 0.25) is 5.91 Å². The average molecular weight is 478 g/mol. The van der Waals surface area contributed by atoms with E-state index in [2.05, 4.69) is 37.4 Å². The molecular formula is C24H17F3N6O2. The number of carbonyl (C=O) groups is 2. The van der Waals surface area contributed by atoms with E-state index < -0.39 is 17.6 Å². The van der Waals surface area contributed by atoms with Gasteiger partial charge in [-0.15, -0.1) is 0 Å². The number of rotatable bonds is 3. The number of halogens is 3. The SMILES string of the molecule is CC(=O)Nc1cncn2c(C#Cc3cc(C(=O)Nc4cc(C(F)(F)F)ccn4)ccc3C)cnc12. The number of amides is 2. The Balaban J connectivity index is 1.60. The Morgan fingerprint density at radius 3 is 2.57 bits per heavy atom. The largest absolute Gasteiger partial charge is 0.416 e. The van der Waals surface area contributed by atoms with E-state index in [0.717, 1.165) is 23.9 Å². The third kappa shape index (κ3) is 5.27. The normalized spacial score (nSPS) is 11.0. The van der Waals surface area contributed by atoms with Crippen LogP contribution in [0.25, 0.3) is 5.65 Å². The molecule has 0 aliphatic carbocycles. The van der Waals surface area contributed by atoms with Gasteiger partial charge in [-0.3, -0.25) is 14.0 Å². The molecule has 3 heterocycles. The standard InChI is InChI=1S/C24H17F3N6O2/c1-14-3-4-17(23(35)32-21-10-18(7-8-29-21)24(25,26)27)9-16(14)5-6-19-11-30-22-20(31-15(2)34)12-28-13-33(19)22/h3-4,7-13H,1-2H3,(H,31,34)(H,29,32,35). The topological polar surface area (TPSA) is 101 Å². The quantitative estimate of drug-likeness (QED) is 0.433. The summed E-state index contributed by atoms with van der Waals surface area (Å²) in [7, 11) is 0. The van der Waals surface area contributed by atoms with Crippen LogP contribution in [0.5, 0.6) is 0 Å². The number of aryl methyl sites for hydroxylation is 1. The molecule has 0 saturated heterocycles. The molecule has 0 bridgehead atoms. The van der Waals surface area contributed by atoms with Crippen LogP contribution in [-0.4, -0.2) is 31.2 Å². The Morgan fingerprint density at radius 2 is 1.83 bits per heavy atom. The average Bonchev–Trinajstić information content (AvgIpc) is 3.22. The van der Waals surface area contributed by atoms with Crippen molar-refractivity contribution in [2.75, 3.05) is 10.6 Å². The number of carbonyl (C=O) groups excluding carboxylic acids is 2. The van der Waals surface area contributed by atoms with Gasteiger partial charge in [-0.1, -0.05) is 12.0 Å². The van der Waals surface area contributed by atoms with E-state index in [1.54, 1.807) is 16.5 Å². The van der Waals surface area contributed by atoms with E-state index >= 15 is 0 Å². The van der Waals surface area contributed by atoms with E-state index in [9.17, 15) is 22.8 Å². The molecule has 1 aromatic carbocycles. The summed E-state index contributed by atoms with van der Waals surface area (Å²) in [5.74, 6) is 4.85. The zero-order valence-electron chi connectivity index (χ0n) is 18.4. The molecule has 2 N–H and O–H groups in total. The first-order chi connectivity index (χ1) is 16.6. The predicted molar refractivity (Wildman–Crippen MR) is 122 cm³/mol. The van der Waals surface area contributed by atoms with Crippen molar-refractivity contribution in [1.29, 1.82) is 0 Å². The molecule has 0 saturated carbocycles. The summed E-state index contributed by atoms with van der Waals surface area (Å²) in [6, 6.07) is 6.35. The first-order valence-corrected chi connectivity index (χ1v) is 10.2. The molecule has 8 nitrogen and oxygen atoms in total. The van der Waals surface area contributed by atoms with Crippen molar-refractivity contribution >= 4 is 29.0 Å².